The topological polar surface area (TPSA) is 73.1 Å². The van der Waals surface area contributed by atoms with Gasteiger partial charge >= 0.3 is 0 Å². The van der Waals surface area contributed by atoms with Gasteiger partial charge < -0.3 is 15.8 Å². The van der Waals surface area contributed by atoms with Crippen molar-refractivity contribution in [3.63, 3.8) is 0 Å². The van der Waals surface area contributed by atoms with Crippen LogP contribution in [0.25, 0.3) is 0 Å². The van der Waals surface area contributed by atoms with E-state index in [4.69, 9.17) is 10.5 Å². The van der Waals surface area contributed by atoms with Crippen LogP contribution in [0.15, 0.2) is 24.5 Å². The lowest BCUT2D eigenvalue weighted by Crippen LogP contribution is -2.05. The van der Waals surface area contributed by atoms with Crippen LogP contribution in [0.1, 0.15) is 18.1 Å². The first kappa shape index (κ1) is 13.1. The quantitative estimate of drug-likeness (QED) is 0.882. The molecule has 5 heteroatoms. The maximum atomic E-state index is 5.99. The number of benzene rings is 1. The van der Waals surface area contributed by atoms with Gasteiger partial charge in [0, 0.05) is 5.69 Å². The number of aromatic nitrogens is 2. The molecule has 2 aromatic rings. The van der Waals surface area contributed by atoms with E-state index in [2.05, 4.69) is 35.2 Å². The van der Waals surface area contributed by atoms with Crippen LogP contribution in [0.5, 0.6) is 5.88 Å². The Kier molecular flexibility index (Phi) is 3.85. The second-order valence-electron chi connectivity index (χ2n) is 4.25. The van der Waals surface area contributed by atoms with E-state index in [0.29, 0.717) is 24.0 Å². The first-order chi connectivity index (χ1) is 9.13. The maximum absolute atomic E-state index is 5.99. The Hall–Kier alpha value is -2.30. The van der Waals surface area contributed by atoms with Gasteiger partial charge in [0.15, 0.2) is 5.82 Å². The summed E-state index contributed by atoms with van der Waals surface area (Å²) in [6, 6.07) is 6.05. The minimum Gasteiger partial charge on any atom is -0.476 e. The average molecular weight is 258 g/mol. The molecule has 1 heterocycles. The molecule has 2 rings (SSSR count). The van der Waals surface area contributed by atoms with Gasteiger partial charge in [-0.1, -0.05) is 12.1 Å². The number of hydrogen-bond acceptors (Lipinski definition) is 5. The molecular weight excluding hydrogens is 240 g/mol. The van der Waals surface area contributed by atoms with Gasteiger partial charge in [-0.05, 0) is 38.0 Å². The van der Waals surface area contributed by atoms with E-state index in [-0.39, 0.29) is 0 Å². The molecule has 0 spiro atoms. The van der Waals surface area contributed by atoms with Crippen molar-refractivity contribution in [2.75, 3.05) is 17.7 Å². The van der Waals surface area contributed by atoms with Crippen molar-refractivity contribution >= 4 is 17.2 Å². The summed E-state index contributed by atoms with van der Waals surface area (Å²) in [5.74, 6) is 0.970. The highest BCUT2D eigenvalue weighted by molar-refractivity contribution is 5.73. The molecular formula is C14H18N4O. The molecule has 0 bridgehead atoms. The molecule has 0 radical (unpaired) electrons. The van der Waals surface area contributed by atoms with E-state index in [1.165, 1.54) is 17.5 Å². The molecule has 100 valence electrons. The Morgan fingerprint density at radius 3 is 2.79 bits per heavy atom. The fourth-order valence-corrected chi connectivity index (χ4v) is 1.74. The minimum absolute atomic E-state index is 0.408. The SMILES string of the molecule is CCOc1ncnc(Nc2cccc(C)c2C)c1N. The first-order valence-electron chi connectivity index (χ1n) is 6.20. The van der Waals surface area contributed by atoms with Crippen molar-refractivity contribution in [2.45, 2.75) is 20.8 Å². The summed E-state index contributed by atoms with van der Waals surface area (Å²) in [7, 11) is 0. The van der Waals surface area contributed by atoms with Gasteiger partial charge in [0.2, 0.25) is 5.88 Å². The number of nitrogens with two attached hydrogens (primary N) is 1. The van der Waals surface area contributed by atoms with E-state index in [9.17, 15) is 0 Å². The summed E-state index contributed by atoms with van der Waals surface area (Å²) in [5, 5.41) is 3.22. The number of rotatable bonds is 4. The molecule has 0 saturated carbocycles. The van der Waals surface area contributed by atoms with Crippen LogP contribution in [-0.4, -0.2) is 16.6 Å². The molecule has 5 nitrogen and oxygen atoms in total. The predicted octanol–water partition coefficient (Wildman–Crippen LogP) is 2.82. The summed E-state index contributed by atoms with van der Waals surface area (Å²) >= 11 is 0. The fourth-order valence-electron chi connectivity index (χ4n) is 1.74. The molecule has 0 amide bonds. The lowest BCUT2D eigenvalue weighted by atomic mass is 10.1. The third-order valence-corrected chi connectivity index (χ3v) is 2.99. The summed E-state index contributed by atoms with van der Waals surface area (Å²) in [4.78, 5) is 8.17. The Labute approximate surface area is 112 Å². The second-order valence-corrected chi connectivity index (χ2v) is 4.25. The van der Waals surface area contributed by atoms with Crippen molar-refractivity contribution in [1.82, 2.24) is 9.97 Å². The van der Waals surface area contributed by atoms with Gasteiger partial charge in [-0.15, -0.1) is 0 Å². The van der Waals surface area contributed by atoms with Gasteiger partial charge in [0.05, 0.1) is 6.61 Å². The van der Waals surface area contributed by atoms with Crippen LogP contribution < -0.4 is 15.8 Å². The first-order valence-corrected chi connectivity index (χ1v) is 6.20. The summed E-state index contributed by atoms with van der Waals surface area (Å²) in [6.07, 6.45) is 1.44. The van der Waals surface area contributed by atoms with Crippen LogP contribution in [0, 0.1) is 13.8 Å². The van der Waals surface area contributed by atoms with Crippen LogP contribution in [0.2, 0.25) is 0 Å². The van der Waals surface area contributed by atoms with Gasteiger partial charge in [-0.2, -0.15) is 4.98 Å². The monoisotopic (exact) mass is 258 g/mol. The molecule has 0 fully saturated rings. The zero-order valence-electron chi connectivity index (χ0n) is 11.4. The normalized spacial score (nSPS) is 10.3. The van der Waals surface area contributed by atoms with Gasteiger partial charge in [-0.25, -0.2) is 4.98 Å². The highest BCUT2D eigenvalue weighted by Gasteiger charge is 2.10. The number of anilines is 3. The van der Waals surface area contributed by atoms with Crippen LogP contribution >= 0.6 is 0 Å². The van der Waals surface area contributed by atoms with E-state index in [0.717, 1.165) is 5.69 Å². The Morgan fingerprint density at radius 1 is 1.26 bits per heavy atom. The third-order valence-electron chi connectivity index (χ3n) is 2.99. The standard InChI is InChI=1S/C14H18N4O/c1-4-19-14-12(15)13(16-8-17-14)18-11-7-5-6-9(2)10(11)3/h5-8H,4,15H2,1-3H3,(H,16,17,18). The van der Waals surface area contributed by atoms with Gasteiger partial charge in [0.1, 0.15) is 12.0 Å². The van der Waals surface area contributed by atoms with E-state index in [1.54, 1.807) is 0 Å². The number of nitrogens with one attached hydrogen (secondary N) is 1. The highest BCUT2D eigenvalue weighted by Crippen LogP contribution is 2.29. The minimum atomic E-state index is 0.408. The summed E-state index contributed by atoms with van der Waals surface area (Å²) in [6.45, 7) is 6.53. The van der Waals surface area contributed by atoms with Crippen molar-refractivity contribution in [3.05, 3.63) is 35.7 Å². The number of nitrogen functional groups attached to an aromatic ring is 1. The number of aryl methyl sites for hydroxylation is 1. The molecule has 0 aliphatic rings. The Balaban J connectivity index is 2.33. The maximum Gasteiger partial charge on any atom is 0.242 e. The lowest BCUT2D eigenvalue weighted by molar-refractivity contribution is 0.328. The lowest BCUT2D eigenvalue weighted by Gasteiger charge is -2.13. The average Bonchev–Trinajstić information content (AvgIpc) is 2.40. The number of nitrogens with zero attached hydrogens (tertiary/aromatic N) is 2. The molecule has 1 aromatic heterocycles. The largest absolute Gasteiger partial charge is 0.476 e. The molecule has 1 aromatic carbocycles. The van der Waals surface area contributed by atoms with Crippen molar-refractivity contribution < 1.29 is 4.74 Å². The van der Waals surface area contributed by atoms with E-state index in [1.807, 2.05) is 19.1 Å². The van der Waals surface area contributed by atoms with Crippen molar-refractivity contribution in [1.29, 1.82) is 0 Å². The zero-order chi connectivity index (χ0) is 13.8. The summed E-state index contributed by atoms with van der Waals surface area (Å²) < 4.78 is 5.35. The molecule has 19 heavy (non-hydrogen) atoms. The Bertz CT molecular complexity index is 584. The van der Waals surface area contributed by atoms with Crippen LogP contribution in [0.3, 0.4) is 0 Å². The number of hydrogen-bond donors (Lipinski definition) is 2. The molecule has 0 unspecified atom stereocenters. The molecule has 0 aliphatic heterocycles. The van der Waals surface area contributed by atoms with E-state index < -0.39 is 0 Å². The van der Waals surface area contributed by atoms with Crippen LogP contribution in [0.4, 0.5) is 17.2 Å². The van der Waals surface area contributed by atoms with E-state index >= 15 is 0 Å². The van der Waals surface area contributed by atoms with Gasteiger partial charge in [-0.3, -0.25) is 0 Å². The molecule has 0 atom stereocenters. The van der Waals surface area contributed by atoms with Crippen LogP contribution in [-0.2, 0) is 0 Å². The predicted molar refractivity (Wildman–Crippen MR) is 76.8 cm³/mol. The zero-order valence-corrected chi connectivity index (χ0v) is 11.4. The van der Waals surface area contributed by atoms with Crippen molar-refractivity contribution in [3.8, 4) is 5.88 Å². The number of ether oxygens (including phenoxy) is 1. The highest BCUT2D eigenvalue weighted by atomic mass is 16.5. The molecule has 3 N–H and O–H groups in total. The van der Waals surface area contributed by atoms with Crippen molar-refractivity contribution in [2.24, 2.45) is 0 Å². The second kappa shape index (κ2) is 5.56. The fraction of sp³-hybridized carbons (Fsp3) is 0.286. The smallest absolute Gasteiger partial charge is 0.242 e. The molecule has 0 saturated heterocycles. The summed E-state index contributed by atoms with van der Waals surface area (Å²) in [5.41, 5.74) is 9.77. The Morgan fingerprint density at radius 2 is 2.05 bits per heavy atom. The third kappa shape index (κ3) is 2.76. The molecule has 0 aliphatic carbocycles. The van der Waals surface area contributed by atoms with Gasteiger partial charge in [0.25, 0.3) is 0 Å².